The summed E-state index contributed by atoms with van der Waals surface area (Å²) in [4.78, 5) is 61.5. The number of rotatable bonds is 53. The van der Waals surface area contributed by atoms with E-state index in [1.165, 1.54) is 238 Å². The number of hydrogen-bond donors (Lipinski definition) is 5. The van der Waals surface area contributed by atoms with E-state index >= 15 is 0 Å². The van der Waals surface area contributed by atoms with Gasteiger partial charge in [-0.1, -0.05) is 305 Å². The van der Waals surface area contributed by atoms with Crippen LogP contribution in [0.5, 0.6) is 0 Å². The Labute approximate surface area is 482 Å². The predicted molar refractivity (Wildman–Crippen MR) is 329 cm³/mol. The second-order valence-electron chi connectivity index (χ2n) is 21.5. The van der Waals surface area contributed by atoms with Crippen LogP contribution in [0.4, 0.5) is 0 Å². The summed E-state index contributed by atoms with van der Waals surface area (Å²) < 4.78 is 4.61. The molecule has 0 fully saturated rings. The summed E-state index contributed by atoms with van der Waals surface area (Å²) in [5, 5.41) is 41.8. The number of methoxy groups -OCH3 is 1. The SMILES string of the molecule is CCCCCCCCCC(=O)O.CCCCCCCCCC(=O)O.CCCCCCCCCC(=O)O.CCCCCCCCCC(=O)O.CCCCCCCCCC(=O)O.CCCCCCCCCCCCCCC(=O)OC. The number of aliphatic carboxylic acids is 5. The van der Waals surface area contributed by atoms with Gasteiger partial charge in [0.1, 0.15) is 0 Å². The molecule has 0 rings (SSSR count). The molecule has 78 heavy (non-hydrogen) atoms. The molecule has 0 saturated heterocycles. The molecule has 0 aliphatic rings. The number of hydrogen-bond acceptors (Lipinski definition) is 7. The summed E-state index contributed by atoms with van der Waals surface area (Å²) in [7, 11) is 1.46. The highest BCUT2D eigenvalue weighted by molar-refractivity contribution is 5.69. The van der Waals surface area contributed by atoms with Crippen molar-refractivity contribution in [2.24, 2.45) is 0 Å². The Bertz CT molecular complexity index is 1030. The zero-order chi connectivity index (χ0) is 59.6. The molecular formula is C66H132O12. The van der Waals surface area contributed by atoms with Crippen LogP contribution in [0.25, 0.3) is 0 Å². The molecule has 12 heteroatoms. The third-order valence-corrected chi connectivity index (χ3v) is 13.4. The molecule has 0 saturated carbocycles. The maximum Gasteiger partial charge on any atom is 0.305 e. The molecule has 5 N–H and O–H groups in total. The maximum atomic E-state index is 10.9. The monoisotopic (exact) mass is 1120 g/mol. The Morgan fingerprint density at radius 1 is 0.205 bits per heavy atom. The smallest absolute Gasteiger partial charge is 0.305 e. The average Bonchev–Trinajstić information content (AvgIpc) is 3.40. The van der Waals surface area contributed by atoms with Crippen LogP contribution in [0.1, 0.15) is 382 Å². The van der Waals surface area contributed by atoms with Crippen molar-refractivity contribution in [2.45, 2.75) is 382 Å². The fourth-order valence-electron chi connectivity index (χ4n) is 8.38. The van der Waals surface area contributed by atoms with Gasteiger partial charge in [0.05, 0.1) is 7.11 Å². The molecule has 0 unspecified atom stereocenters. The first-order valence-corrected chi connectivity index (χ1v) is 32.8. The van der Waals surface area contributed by atoms with Gasteiger partial charge in [0, 0.05) is 38.5 Å². The van der Waals surface area contributed by atoms with Crippen LogP contribution in [-0.2, 0) is 33.5 Å². The van der Waals surface area contributed by atoms with E-state index in [1.807, 2.05) is 0 Å². The third kappa shape index (κ3) is 112. The molecule has 0 aliphatic heterocycles. The Morgan fingerprint density at radius 3 is 0.436 bits per heavy atom. The number of unbranched alkanes of at least 4 members (excludes halogenated alkanes) is 41. The largest absolute Gasteiger partial charge is 0.481 e. The van der Waals surface area contributed by atoms with E-state index < -0.39 is 29.8 Å². The van der Waals surface area contributed by atoms with Crippen molar-refractivity contribution in [2.75, 3.05) is 7.11 Å². The summed E-state index contributed by atoms with van der Waals surface area (Å²) in [5.74, 6) is -3.38. The summed E-state index contributed by atoms with van der Waals surface area (Å²) >= 11 is 0. The zero-order valence-corrected chi connectivity index (χ0v) is 52.6. The van der Waals surface area contributed by atoms with E-state index in [-0.39, 0.29) is 5.97 Å². The van der Waals surface area contributed by atoms with Crippen LogP contribution in [-0.4, -0.2) is 68.5 Å². The number of carboxylic acid groups (broad SMARTS) is 5. The van der Waals surface area contributed by atoms with Crippen LogP contribution in [0.3, 0.4) is 0 Å². The van der Waals surface area contributed by atoms with Crippen LogP contribution in [0.15, 0.2) is 0 Å². The van der Waals surface area contributed by atoms with Crippen LogP contribution >= 0.6 is 0 Å². The van der Waals surface area contributed by atoms with E-state index in [1.54, 1.807) is 0 Å². The van der Waals surface area contributed by atoms with Crippen molar-refractivity contribution in [1.82, 2.24) is 0 Å². The third-order valence-electron chi connectivity index (χ3n) is 13.4. The second-order valence-corrected chi connectivity index (χ2v) is 21.5. The number of ether oxygens (including phenoxy) is 1. The van der Waals surface area contributed by atoms with Gasteiger partial charge in [-0.3, -0.25) is 28.8 Å². The molecule has 12 nitrogen and oxygen atoms in total. The molecule has 0 aliphatic carbocycles. The molecule has 0 bridgehead atoms. The predicted octanol–water partition coefficient (Wildman–Crippen LogP) is 21.3. The van der Waals surface area contributed by atoms with E-state index in [0.29, 0.717) is 38.5 Å². The van der Waals surface area contributed by atoms with E-state index in [0.717, 1.165) is 70.6 Å². The van der Waals surface area contributed by atoms with Gasteiger partial charge in [-0.05, 0) is 38.5 Å². The standard InChI is InChI=1S/C16H32O2.5C10H20O2/c1-3-4-5-6-7-8-9-10-11-12-13-14-15-16(17)18-2;5*1-2-3-4-5-6-7-8-9-10(11)12/h3-15H2,1-2H3;5*2-9H2,1H3,(H,11,12). The van der Waals surface area contributed by atoms with Gasteiger partial charge >= 0.3 is 35.8 Å². The Kier molecular flexibility index (Phi) is 91.2. The fraction of sp³-hybridized carbons (Fsp3) is 0.909. The Hall–Kier alpha value is -3.18. The van der Waals surface area contributed by atoms with Crippen molar-refractivity contribution < 1.29 is 59.0 Å². The van der Waals surface area contributed by atoms with Gasteiger partial charge in [0.25, 0.3) is 0 Å². The highest BCUT2D eigenvalue weighted by atomic mass is 16.5. The lowest BCUT2D eigenvalue weighted by molar-refractivity contribution is -0.141. The molecule has 0 aromatic carbocycles. The van der Waals surface area contributed by atoms with Gasteiger partial charge in [0.15, 0.2) is 0 Å². The quantitative estimate of drug-likeness (QED) is 0.0284. The molecule has 0 heterocycles. The van der Waals surface area contributed by atoms with Crippen molar-refractivity contribution in [3.8, 4) is 0 Å². The minimum atomic E-state index is -0.663. The number of esters is 1. The molecule has 0 aromatic heterocycles. The van der Waals surface area contributed by atoms with E-state index in [2.05, 4.69) is 46.3 Å². The Morgan fingerprint density at radius 2 is 0.321 bits per heavy atom. The van der Waals surface area contributed by atoms with Gasteiger partial charge in [-0.25, -0.2) is 0 Å². The first-order chi connectivity index (χ1) is 37.7. The summed E-state index contributed by atoms with van der Waals surface area (Å²) in [6, 6.07) is 0. The van der Waals surface area contributed by atoms with Crippen molar-refractivity contribution in [3.05, 3.63) is 0 Å². The molecule has 0 atom stereocenters. The normalized spacial score (nSPS) is 10.2. The van der Waals surface area contributed by atoms with Crippen molar-refractivity contribution >= 4 is 35.8 Å². The number of carbonyl (C=O) groups is 6. The maximum absolute atomic E-state index is 10.9. The second kappa shape index (κ2) is 82.7. The zero-order valence-electron chi connectivity index (χ0n) is 52.6. The molecule has 0 spiro atoms. The molecule has 468 valence electrons. The lowest BCUT2D eigenvalue weighted by Crippen LogP contribution is -1.99. The van der Waals surface area contributed by atoms with Gasteiger partial charge < -0.3 is 30.3 Å². The molecular weight excluding hydrogens is 985 g/mol. The van der Waals surface area contributed by atoms with Gasteiger partial charge in [0.2, 0.25) is 0 Å². The minimum absolute atomic E-state index is 0.0675. The van der Waals surface area contributed by atoms with Gasteiger partial charge in [-0.2, -0.15) is 0 Å². The number of carbonyl (C=O) groups excluding carboxylic acids is 1. The first-order valence-electron chi connectivity index (χ1n) is 32.8. The highest BCUT2D eigenvalue weighted by Crippen LogP contribution is 2.14. The van der Waals surface area contributed by atoms with E-state index in [4.69, 9.17) is 25.5 Å². The summed E-state index contributed by atoms with van der Waals surface area (Å²) in [6.07, 6.45) is 59.7. The minimum Gasteiger partial charge on any atom is -0.481 e. The van der Waals surface area contributed by atoms with Gasteiger partial charge in [-0.15, -0.1) is 0 Å². The van der Waals surface area contributed by atoms with Crippen LogP contribution < -0.4 is 0 Å². The van der Waals surface area contributed by atoms with E-state index in [9.17, 15) is 28.8 Å². The van der Waals surface area contributed by atoms with Crippen LogP contribution in [0, 0.1) is 0 Å². The molecule has 0 radical (unpaired) electrons. The lowest BCUT2D eigenvalue weighted by Gasteiger charge is -2.02. The lowest BCUT2D eigenvalue weighted by atomic mass is 10.0. The highest BCUT2D eigenvalue weighted by Gasteiger charge is 2.01. The Balaban J connectivity index is -0.000000201. The first kappa shape index (κ1) is 86.1. The molecule has 0 aromatic rings. The van der Waals surface area contributed by atoms with Crippen LogP contribution in [0.2, 0.25) is 0 Å². The average molecular weight is 1120 g/mol. The topological polar surface area (TPSA) is 213 Å². The molecule has 0 amide bonds. The fourth-order valence-corrected chi connectivity index (χ4v) is 8.38. The number of carboxylic acids is 5. The van der Waals surface area contributed by atoms with Crippen molar-refractivity contribution in [1.29, 1.82) is 0 Å². The summed E-state index contributed by atoms with van der Waals surface area (Å²) in [6.45, 7) is 13.3. The van der Waals surface area contributed by atoms with Crippen molar-refractivity contribution in [3.63, 3.8) is 0 Å². The summed E-state index contributed by atoms with van der Waals surface area (Å²) in [5.41, 5.74) is 0.